The van der Waals surface area contributed by atoms with Gasteiger partial charge in [0.2, 0.25) is 0 Å². The third-order valence-electron chi connectivity index (χ3n) is 3.78. The number of amidine groups is 1. The molecule has 116 valence electrons. The number of carbonyl (C=O) groups is 1. The summed E-state index contributed by atoms with van der Waals surface area (Å²) in [7, 11) is 0. The van der Waals surface area contributed by atoms with Gasteiger partial charge in [0.05, 0.1) is 17.6 Å². The zero-order valence-electron chi connectivity index (χ0n) is 12.7. The number of amides is 1. The number of hydrogen-bond acceptors (Lipinski definition) is 4. The Bertz CT molecular complexity index is 619. The van der Waals surface area contributed by atoms with Crippen LogP contribution in [0.5, 0.6) is 5.75 Å². The van der Waals surface area contributed by atoms with Gasteiger partial charge in [0.25, 0.3) is 5.91 Å². The molecule has 2 aliphatic rings. The van der Waals surface area contributed by atoms with Crippen LogP contribution in [-0.2, 0) is 4.79 Å². The van der Waals surface area contributed by atoms with E-state index in [9.17, 15) is 4.79 Å². The van der Waals surface area contributed by atoms with E-state index in [1.54, 1.807) is 0 Å². The summed E-state index contributed by atoms with van der Waals surface area (Å²) in [5.41, 5.74) is 0.920. The molecule has 2 fully saturated rings. The molecule has 1 heterocycles. The van der Waals surface area contributed by atoms with Gasteiger partial charge in [0.15, 0.2) is 5.17 Å². The van der Waals surface area contributed by atoms with E-state index in [2.05, 4.69) is 10.3 Å². The van der Waals surface area contributed by atoms with Crippen LogP contribution in [0.4, 0.5) is 0 Å². The second-order valence-corrected chi connectivity index (χ2v) is 6.44. The summed E-state index contributed by atoms with van der Waals surface area (Å²) < 4.78 is 5.60. The summed E-state index contributed by atoms with van der Waals surface area (Å²) in [5, 5.41) is 3.60. The highest BCUT2D eigenvalue weighted by molar-refractivity contribution is 8.18. The third-order valence-corrected chi connectivity index (χ3v) is 4.70. The Labute approximate surface area is 135 Å². The van der Waals surface area contributed by atoms with E-state index >= 15 is 0 Å². The van der Waals surface area contributed by atoms with Crippen LogP contribution in [0.25, 0.3) is 6.08 Å². The first-order chi connectivity index (χ1) is 10.8. The maximum atomic E-state index is 12.1. The Morgan fingerprint density at radius 1 is 1.36 bits per heavy atom. The van der Waals surface area contributed by atoms with Crippen molar-refractivity contribution in [3.8, 4) is 5.75 Å². The highest BCUT2D eigenvalue weighted by Gasteiger charge is 2.25. The topological polar surface area (TPSA) is 50.7 Å². The Kier molecular flexibility index (Phi) is 4.83. The molecule has 1 N–H and O–H groups in total. The average molecular weight is 316 g/mol. The van der Waals surface area contributed by atoms with E-state index in [1.165, 1.54) is 24.6 Å². The molecule has 1 saturated heterocycles. The first-order valence-electron chi connectivity index (χ1n) is 7.77. The van der Waals surface area contributed by atoms with Crippen molar-refractivity contribution in [3.63, 3.8) is 0 Å². The van der Waals surface area contributed by atoms with Crippen LogP contribution in [0.1, 0.15) is 38.2 Å². The molecule has 4 nitrogen and oxygen atoms in total. The maximum absolute atomic E-state index is 12.1. The summed E-state index contributed by atoms with van der Waals surface area (Å²) in [6.07, 6.45) is 6.62. The van der Waals surface area contributed by atoms with Crippen molar-refractivity contribution in [2.75, 3.05) is 6.61 Å². The predicted molar refractivity (Wildman–Crippen MR) is 91.0 cm³/mol. The number of ether oxygens (including phenoxy) is 1. The fourth-order valence-electron chi connectivity index (χ4n) is 2.72. The number of hydrogen-bond donors (Lipinski definition) is 1. The van der Waals surface area contributed by atoms with E-state index in [0.717, 1.165) is 29.3 Å². The number of para-hydroxylation sites is 1. The van der Waals surface area contributed by atoms with Crippen molar-refractivity contribution >= 4 is 28.9 Å². The van der Waals surface area contributed by atoms with Gasteiger partial charge in [-0.05, 0) is 43.7 Å². The fraction of sp³-hybridized carbons (Fsp3) is 0.412. The Balaban J connectivity index is 1.78. The molecule has 0 bridgehead atoms. The molecule has 0 atom stereocenters. The van der Waals surface area contributed by atoms with Crippen molar-refractivity contribution in [2.45, 2.75) is 38.6 Å². The molecular weight excluding hydrogens is 296 g/mol. The molecule has 0 aromatic heterocycles. The molecule has 1 aromatic carbocycles. The van der Waals surface area contributed by atoms with Crippen molar-refractivity contribution < 1.29 is 9.53 Å². The lowest BCUT2D eigenvalue weighted by atomic mass is 10.2. The molecule has 3 rings (SSSR count). The summed E-state index contributed by atoms with van der Waals surface area (Å²) in [6.45, 7) is 2.56. The van der Waals surface area contributed by atoms with E-state index in [1.807, 2.05) is 37.3 Å². The van der Waals surface area contributed by atoms with Crippen LogP contribution in [-0.4, -0.2) is 23.7 Å². The monoisotopic (exact) mass is 316 g/mol. The molecule has 1 saturated carbocycles. The number of nitrogens with zero attached hydrogens (tertiary/aromatic N) is 1. The van der Waals surface area contributed by atoms with Crippen LogP contribution in [0, 0.1) is 0 Å². The highest BCUT2D eigenvalue weighted by atomic mass is 32.2. The van der Waals surface area contributed by atoms with Gasteiger partial charge in [-0.15, -0.1) is 0 Å². The van der Waals surface area contributed by atoms with E-state index in [4.69, 9.17) is 4.74 Å². The van der Waals surface area contributed by atoms with E-state index in [-0.39, 0.29) is 5.91 Å². The Hall–Kier alpha value is -1.75. The van der Waals surface area contributed by atoms with E-state index < -0.39 is 0 Å². The summed E-state index contributed by atoms with van der Waals surface area (Å²) in [4.78, 5) is 17.4. The molecule has 1 aromatic rings. The SMILES string of the molecule is CCOc1ccccc1/C=C1\SC(=NC2CCCC2)NC1=O. The van der Waals surface area contributed by atoms with Crippen LogP contribution < -0.4 is 10.1 Å². The van der Waals surface area contributed by atoms with Crippen LogP contribution in [0.2, 0.25) is 0 Å². The molecule has 1 amide bonds. The third kappa shape index (κ3) is 3.53. The Morgan fingerprint density at radius 3 is 2.91 bits per heavy atom. The van der Waals surface area contributed by atoms with Gasteiger partial charge in [0.1, 0.15) is 5.75 Å². The van der Waals surface area contributed by atoms with Crippen molar-refractivity contribution in [3.05, 3.63) is 34.7 Å². The minimum absolute atomic E-state index is 0.0759. The number of carbonyl (C=O) groups excluding carboxylic acids is 1. The van der Waals surface area contributed by atoms with Crippen LogP contribution in [0.3, 0.4) is 0 Å². The molecule has 22 heavy (non-hydrogen) atoms. The second kappa shape index (κ2) is 7.01. The summed E-state index contributed by atoms with van der Waals surface area (Å²) >= 11 is 1.42. The molecular formula is C17H20N2O2S. The number of aliphatic imine (C=N–C) groups is 1. The lowest BCUT2D eigenvalue weighted by Gasteiger charge is -2.06. The number of benzene rings is 1. The van der Waals surface area contributed by atoms with Gasteiger partial charge < -0.3 is 10.1 Å². The average Bonchev–Trinajstić information content (AvgIpc) is 3.12. The number of thioether (sulfide) groups is 1. The summed E-state index contributed by atoms with van der Waals surface area (Å²) in [5.74, 6) is 0.722. The van der Waals surface area contributed by atoms with Crippen molar-refractivity contribution in [2.24, 2.45) is 4.99 Å². The second-order valence-electron chi connectivity index (χ2n) is 5.41. The molecule has 0 radical (unpaired) electrons. The first-order valence-corrected chi connectivity index (χ1v) is 8.58. The van der Waals surface area contributed by atoms with Gasteiger partial charge in [-0.1, -0.05) is 31.0 Å². The normalized spacial score (nSPS) is 22.5. The first kappa shape index (κ1) is 15.2. The minimum Gasteiger partial charge on any atom is -0.493 e. The van der Waals surface area contributed by atoms with Gasteiger partial charge in [-0.2, -0.15) is 0 Å². The van der Waals surface area contributed by atoms with Gasteiger partial charge in [-0.25, -0.2) is 0 Å². The lowest BCUT2D eigenvalue weighted by Crippen LogP contribution is -2.21. The quantitative estimate of drug-likeness (QED) is 0.864. The summed E-state index contributed by atoms with van der Waals surface area (Å²) in [6, 6.07) is 8.12. The van der Waals surface area contributed by atoms with E-state index in [0.29, 0.717) is 17.6 Å². The molecule has 0 spiro atoms. The molecule has 0 unspecified atom stereocenters. The Morgan fingerprint density at radius 2 is 2.14 bits per heavy atom. The highest BCUT2D eigenvalue weighted by Crippen LogP contribution is 2.31. The van der Waals surface area contributed by atoms with Crippen LogP contribution in [0.15, 0.2) is 34.2 Å². The zero-order chi connectivity index (χ0) is 15.4. The predicted octanol–water partition coefficient (Wildman–Crippen LogP) is 3.59. The molecule has 5 heteroatoms. The van der Waals surface area contributed by atoms with Gasteiger partial charge in [-0.3, -0.25) is 9.79 Å². The van der Waals surface area contributed by atoms with Crippen molar-refractivity contribution in [1.82, 2.24) is 5.32 Å². The molecule has 1 aliphatic carbocycles. The largest absolute Gasteiger partial charge is 0.493 e. The zero-order valence-corrected chi connectivity index (χ0v) is 13.5. The number of nitrogens with one attached hydrogen (secondary N) is 1. The van der Waals surface area contributed by atoms with Gasteiger partial charge in [0, 0.05) is 5.56 Å². The molecule has 1 aliphatic heterocycles. The van der Waals surface area contributed by atoms with Crippen LogP contribution >= 0.6 is 11.8 Å². The minimum atomic E-state index is -0.0759. The maximum Gasteiger partial charge on any atom is 0.264 e. The van der Waals surface area contributed by atoms with Crippen molar-refractivity contribution in [1.29, 1.82) is 0 Å². The lowest BCUT2D eigenvalue weighted by molar-refractivity contribution is -0.115. The van der Waals surface area contributed by atoms with Gasteiger partial charge >= 0.3 is 0 Å². The smallest absolute Gasteiger partial charge is 0.264 e. The standard InChI is InChI=1S/C17H20N2O2S/c1-2-21-14-10-6-3-7-12(14)11-15-16(20)19-17(22-15)18-13-8-4-5-9-13/h3,6-7,10-11,13H,2,4-5,8-9H2,1H3,(H,18,19,20)/b15-11-. The number of rotatable bonds is 4. The fourth-order valence-corrected chi connectivity index (χ4v) is 3.60.